The summed E-state index contributed by atoms with van der Waals surface area (Å²) in [6.45, 7) is 2.59. The highest BCUT2D eigenvalue weighted by Crippen LogP contribution is 2.25. The molecule has 3 rings (SSSR count). The Hall–Kier alpha value is -3.42. The number of anilines is 1. The number of sulfonamides is 1. The predicted molar refractivity (Wildman–Crippen MR) is 122 cm³/mol. The smallest absolute Gasteiger partial charge is 0.244 e. The van der Waals surface area contributed by atoms with Gasteiger partial charge in [0.05, 0.1) is 23.6 Å². The van der Waals surface area contributed by atoms with Gasteiger partial charge in [-0.15, -0.1) is 0 Å². The van der Waals surface area contributed by atoms with Crippen molar-refractivity contribution in [1.82, 2.24) is 9.62 Å². The van der Waals surface area contributed by atoms with Crippen molar-refractivity contribution in [3.8, 4) is 11.8 Å². The largest absolute Gasteiger partial charge is 0.494 e. The molecule has 1 aliphatic rings. The van der Waals surface area contributed by atoms with Crippen LogP contribution in [0.3, 0.4) is 0 Å². The van der Waals surface area contributed by atoms with Crippen LogP contribution in [0.1, 0.15) is 25.3 Å². The maximum Gasteiger partial charge on any atom is 0.244 e. The molecule has 2 N–H and O–H groups in total. The van der Waals surface area contributed by atoms with Crippen LogP contribution in [0.2, 0.25) is 0 Å². The average Bonchev–Trinajstić information content (AvgIpc) is 2.84. The number of nitrogens with one attached hydrogen (secondary N) is 2. The van der Waals surface area contributed by atoms with Crippen molar-refractivity contribution in [2.45, 2.75) is 24.7 Å². The molecule has 9 nitrogen and oxygen atoms in total. The minimum Gasteiger partial charge on any atom is -0.494 e. The van der Waals surface area contributed by atoms with Gasteiger partial charge in [-0.25, -0.2) is 8.42 Å². The number of nitriles is 1. The zero-order chi connectivity index (χ0) is 23.8. The number of benzene rings is 2. The number of carbonyl (C=O) groups excluding carboxylic acids is 2. The van der Waals surface area contributed by atoms with Crippen LogP contribution >= 0.6 is 0 Å². The zero-order valence-corrected chi connectivity index (χ0v) is 19.1. The molecule has 2 aromatic rings. The van der Waals surface area contributed by atoms with Gasteiger partial charge in [-0.1, -0.05) is 12.1 Å². The second kappa shape index (κ2) is 10.9. The van der Waals surface area contributed by atoms with Crippen LogP contribution in [-0.2, 0) is 19.6 Å². The number of hydrogen-bond acceptors (Lipinski definition) is 6. The van der Waals surface area contributed by atoms with E-state index in [0.717, 1.165) is 0 Å². The number of amides is 2. The van der Waals surface area contributed by atoms with Crippen LogP contribution < -0.4 is 15.4 Å². The first-order valence-electron chi connectivity index (χ1n) is 10.6. The number of nitrogens with zero attached hydrogens (tertiary/aromatic N) is 2. The van der Waals surface area contributed by atoms with Gasteiger partial charge in [0.2, 0.25) is 21.8 Å². The summed E-state index contributed by atoms with van der Waals surface area (Å²) < 4.78 is 32.5. The Morgan fingerprint density at radius 2 is 1.79 bits per heavy atom. The molecule has 0 radical (unpaired) electrons. The maximum atomic E-state index is 12.9. The van der Waals surface area contributed by atoms with E-state index in [1.54, 1.807) is 36.4 Å². The van der Waals surface area contributed by atoms with Gasteiger partial charge >= 0.3 is 0 Å². The minimum absolute atomic E-state index is 0.0265. The third kappa shape index (κ3) is 6.09. The molecule has 0 aromatic heterocycles. The van der Waals surface area contributed by atoms with Crippen molar-refractivity contribution >= 4 is 27.5 Å². The molecule has 10 heteroatoms. The summed E-state index contributed by atoms with van der Waals surface area (Å²) in [5.41, 5.74) is 0.685. The molecule has 174 valence electrons. The van der Waals surface area contributed by atoms with Gasteiger partial charge in [0.15, 0.2) is 0 Å². The molecule has 0 bridgehead atoms. The normalized spacial score (nSPS) is 14.8. The van der Waals surface area contributed by atoms with Crippen LogP contribution in [0.15, 0.2) is 53.4 Å². The monoisotopic (exact) mass is 470 g/mol. The highest BCUT2D eigenvalue weighted by Gasteiger charge is 2.33. The number of ether oxygens (including phenoxy) is 1. The standard InChI is InChI=1S/C23H26N4O5S/c1-2-32-20-9-7-19(8-10-20)26-22(28)16-25-23(29)17-11-13-27(14-12-17)33(30,31)21-6-4-3-5-18(21)15-24/h3-10,17H,2,11-14,16H2,1H3,(H,25,29)(H,26,28). The molecule has 2 aromatic carbocycles. The molecule has 0 spiro atoms. The third-order valence-corrected chi connectivity index (χ3v) is 7.28. The van der Waals surface area contributed by atoms with Crippen LogP contribution in [0.4, 0.5) is 5.69 Å². The van der Waals surface area contributed by atoms with Crippen molar-refractivity contribution in [3.63, 3.8) is 0 Å². The molecular weight excluding hydrogens is 444 g/mol. The highest BCUT2D eigenvalue weighted by atomic mass is 32.2. The van der Waals surface area contributed by atoms with Crippen LogP contribution in [0.5, 0.6) is 5.75 Å². The van der Waals surface area contributed by atoms with Crippen molar-refractivity contribution in [3.05, 3.63) is 54.1 Å². The van der Waals surface area contributed by atoms with E-state index in [1.165, 1.54) is 16.4 Å². The fraction of sp³-hybridized carbons (Fsp3) is 0.348. The van der Waals surface area contributed by atoms with Gasteiger partial charge in [-0.05, 0) is 56.2 Å². The van der Waals surface area contributed by atoms with Gasteiger partial charge in [0, 0.05) is 24.7 Å². The van der Waals surface area contributed by atoms with E-state index >= 15 is 0 Å². The Morgan fingerprint density at radius 1 is 1.12 bits per heavy atom. The molecule has 1 fully saturated rings. The van der Waals surface area contributed by atoms with Crippen molar-refractivity contribution in [2.24, 2.45) is 5.92 Å². The number of piperidine rings is 1. The van der Waals surface area contributed by atoms with Crippen LogP contribution in [-0.4, -0.2) is 50.8 Å². The van der Waals surface area contributed by atoms with Gasteiger partial charge < -0.3 is 15.4 Å². The summed E-state index contributed by atoms with van der Waals surface area (Å²) in [4.78, 5) is 24.6. The zero-order valence-electron chi connectivity index (χ0n) is 18.3. The lowest BCUT2D eigenvalue weighted by molar-refractivity contribution is -0.128. The van der Waals surface area contributed by atoms with Gasteiger partial charge in [0.1, 0.15) is 11.8 Å². The summed E-state index contributed by atoms with van der Waals surface area (Å²) in [6, 6.07) is 14.9. The van der Waals surface area contributed by atoms with Crippen LogP contribution in [0, 0.1) is 17.2 Å². The summed E-state index contributed by atoms with van der Waals surface area (Å²) >= 11 is 0. The lowest BCUT2D eigenvalue weighted by atomic mass is 9.97. The summed E-state index contributed by atoms with van der Waals surface area (Å²) in [5, 5.41) is 14.5. The lowest BCUT2D eigenvalue weighted by Crippen LogP contribution is -2.44. The molecule has 2 amide bonds. The van der Waals surface area contributed by atoms with E-state index in [4.69, 9.17) is 4.74 Å². The van der Waals surface area contributed by atoms with Crippen molar-refractivity contribution in [2.75, 3.05) is 31.6 Å². The average molecular weight is 471 g/mol. The summed E-state index contributed by atoms with van der Waals surface area (Å²) in [5.74, 6) is -0.332. The first-order valence-corrected chi connectivity index (χ1v) is 12.1. The lowest BCUT2D eigenvalue weighted by Gasteiger charge is -2.30. The van der Waals surface area contributed by atoms with Crippen LogP contribution in [0.25, 0.3) is 0 Å². The number of carbonyl (C=O) groups is 2. The van der Waals surface area contributed by atoms with E-state index < -0.39 is 10.0 Å². The molecule has 33 heavy (non-hydrogen) atoms. The molecule has 1 saturated heterocycles. The molecule has 0 aliphatic carbocycles. The van der Waals surface area contributed by atoms with Gasteiger partial charge in [-0.3, -0.25) is 9.59 Å². The quantitative estimate of drug-likeness (QED) is 0.608. The van der Waals surface area contributed by atoms with Crippen molar-refractivity contribution < 1.29 is 22.7 Å². The summed E-state index contributed by atoms with van der Waals surface area (Å²) in [7, 11) is -3.82. The maximum absolute atomic E-state index is 12.9. The second-order valence-corrected chi connectivity index (χ2v) is 9.42. The van der Waals surface area contributed by atoms with Gasteiger partial charge in [-0.2, -0.15) is 9.57 Å². The Labute approximate surface area is 193 Å². The van der Waals surface area contributed by atoms with Gasteiger partial charge in [0.25, 0.3) is 0 Å². The molecular formula is C23H26N4O5S. The fourth-order valence-electron chi connectivity index (χ4n) is 3.60. The highest BCUT2D eigenvalue weighted by molar-refractivity contribution is 7.89. The third-order valence-electron chi connectivity index (χ3n) is 5.32. The van der Waals surface area contributed by atoms with Crippen molar-refractivity contribution in [1.29, 1.82) is 5.26 Å². The molecule has 0 saturated carbocycles. The molecule has 0 atom stereocenters. The Balaban J connectivity index is 1.48. The molecule has 1 heterocycles. The number of rotatable bonds is 8. The number of hydrogen-bond donors (Lipinski definition) is 2. The van der Waals surface area contributed by atoms with E-state index in [9.17, 15) is 23.3 Å². The minimum atomic E-state index is -3.82. The first kappa shape index (κ1) is 24.2. The fourth-order valence-corrected chi connectivity index (χ4v) is 5.21. The van der Waals surface area contributed by atoms with E-state index in [0.29, 0.717) is 30.9 Å². The predicted octanol–water partition coefficient (Wildman–Crippen LogP) is 2.11. The molecule has 0 unspecified atom stereocenters. The molecule has 1 aliphatic heterocycles. The van der Waals surface area contributed by atoms with E-state index in [-0.39, 0.29) is 47.8 Å². The van der Waals surface area contributed by atoms with E-state index in [1.807, 2.05) is 13.0 Å². The SMILES string of the molecule is CCOc1ccc(NC(=O)CNC(=O)C2CCN(S(=O)(=O)c3ccccc3C#N)CC2)cc1. The first-order chi connectivity index (χ1) is 15.8. The Morgan fingerprint density at radius 3 is 2.42 bits per heavy atom. The Bertz CT molecular complexity index is 1130. The van der Waals surface area contributed by atoms with E-state index in [2.05, 4.69) is 10.6 Å². The Kier molecular flexibility index (Phi) is 8.03. The second-order valence-electron chi connectivity index (χ2n) is 7.51. The topological polar surface area (TPSA) is 129 Å². The summed E-state index contributed by atoms with van der Waals surface area (Å²) in [6.07, 6.45) is 0.667.